The van der Waals surface area contributed by atoms with Crippen molar-refractivity contribution in [2.75, 3.05) is 13.2 Å². The topological polar surface area (TPSA) is 87.7 Å². The van der Waals surface area contributed by atoms with Crippen molar-refractivity contribution in [3.05, 3.63) is 29.8 Å². The number of amides is 2. The summed E-state index contributed by atoms with van der Waals surface area (Å²) in [6, 6.07) is 6.14. The molecule has 1 rings (SSSR count). The Morgan fingerprint density at radius 2 is 2.16 bits per heavy atom. The van der Waals surface area contributed by atoms with E-state index >= 15 is 0 Å². The smallest absolute Gasteiger partial charge is 0.325 e. The molecule has 19 heavy (non-hydrogen) atoms. The van der Waals surface area contributed by atoms with E-state index in [1.807, 2.05) is 31.2 Å². The number of aryl methyl sites for hydroxylation is 1. The van der Waals surface area contributed by atoms with E-state index in [1.54, 1.807) is 0 Å². The fraction of sp³-hybridized carbons (Fsp3) is 0.385. The predicted molar refractivity (Wildman–Crippen MR) is 70.3 cm³/mol. The molecular formula is C13H18N2O4. The first kappa shape index (κ1) is 14.8. The zero-order chi connectivity index (χ0) is 14.3. The van der Waals surface area contributed by atoms with Gasteiger partial charge in [-0.25, -0.2) is 4.79 Å². The molecule has 0 saturated heterocycles. The zero-order valence-corrected chi connectivity index (χ0v) is 11.0. The number of hydrogen-bond donors (Lipinski definition) is 3. The summed E-state index contributed by atoms with van der Waals surface area (Å²) in [5.41, 5.74) is 1.10. The first-order valence-corrected chi connectivity index (χ1v) is 5.95. The fourth-order valence-electron chi connectivity index (χ4n) is 1.35. The van der Waals surface area contributed by atoms with Gasteiger partial charge in [0.25, 0.3) is 0 Å². The van der Waals surface area contributed by atoms with Crippen LogP contribution in [0, 0.1) is 6.92 Å². The Hall–Kier alpha value is -2.24. The third kappa shape index (κ3) is 5.76. The number of hydrogen-bond acceptors (Lipinski definition) is 3. The number of aliphatic carboxylic acids is 1. The van der Waals surface area contributed by atoms with E-state index in [0.717, 1.165) is 11.3 Å². The van der Waals surface area contributed by atoms with Crippen LogP contribution < -0.4 is 15.4 Å². The Balaban J connectivity index is 2.20. The lowest BCUT2D eigenvalue weighted by Crippen LogP contribution is -2.45. The van der Waals surface area contributed by atoms with Crippen LogP contribution in [0.1, 0.15) is 12.5 Å². The summed E-state index contributed by atoms with van der Waals surface area (Å²) in [7, 11) is 0. The number of carboxylic acid groups (broad SMARTS) is 1. The third-order valence-corrected chi connectivity index (χ3v) is 2.36. The lowest BCUT2D eigenvalue weighted by Gasteiger charge is -2.11. The summed E-state index contributed by atoms with van der Waals surface area (Å²) >= 11 is 0. The molecule has 1 aromatic rings. The minimum absolute atomic E-state index is 0.298. The molecule has 0 aromatic heterocycles. The third-order valence-electron chi connectivity index (χ3n) is 2.36. The van der Waals surface area contributed by atoms with E-state index in [0.29, 0.717) is 13.2 Å². The molecule has 1 atom stereocenters. The molecule has 0 spiro atoms. The van der Waals surface area contributed by atoms with E-state index in [-0.39, 0.29) is 0 Å². The van der Waals surface area contributed by atoms with E-state index < -0.39 is 18.0 Å². The quantitative estimate of drug-likeness (QED) is 0.674. The van der Waals surface area contributed by atoms with Crippen LogP contribution in [-0.4, -0.2) is 36.3 Å². The van der Waals surface area contributed by atoms with Gasteiger partial charge in [0.15, 0.2) is 0 Å². The molecule has 3 N–H and O–H groups in total. The summed E-state index contributed by atoms with van der Waals surface area (Å²) in [5.74, 6) is -0.340. The van der Waals surface area contributed by atoms with Crippen LogP contribution in [0.25, 0.3) is 0 Å². The number of benzene rings is 1. The maximum Gasteiger partial charge on any atom is 0.325 e. The molecule has 0 fully saturated rings. The number of urea groups is 1. The maximum absolute atomic E-state index is 11.3. The van der Waals surface area contributed by atoms with E-state index in [9.17, 15) is 9.59 Å². The van der Waals surface area contributed by atoms with Crippen molar-refractivity contribution >= 4 is 12.0 Å². The Bertz CT molecular complexity index is 448. The van der Waals surface area contributed by atoms with Gasteiger partial charge in [0, 0.05) is 0 Å². The van der Waals surface area contributed by atoms with Crippen LogP contribution in [0.2, 0.25) is 0 Å². The van der Waals surface area contributed by atoms with Gasteiger partial charge >= 0.3 is 12.0 Å². The highest BCUT2D eigenvalue weighted by Gasteiger charge is 2.12. The van der Waals surface area contributed by atoms with E-state index in [2.05, 4.69) is 10.6 Å². The van der Waals surface area contributed by atoms with E-state index in [1.165, 1.54) is 6.92 Å². The molecule has 104 valence electrons. The molecule has 1 aromatic carbocycles. The normalized spacial score (nSPS) is 11.5. The fourth-order valence-corrected chi connectivity index (χ4v) is 1.35. The number of ether oxygens (including phenoxy) is 1. The molecule has 0 aliphatic rings. The number of carbonyl (C=O) groups excluding carboxylic acids is 1. The van der Waals surface area contributed by atoms with Gasteiger partial charge in [-0.15, -0.1) is 0 Å². The van der Waals surface area contributed by atoms with Gasteiger partial charge in [-0.05, 0) is 31.5 Å². The summed E-state index contributed by atoms with van der Waals surface area (Å²) in [6.45, 7) is 3.97. The monoisotopic (exact) mass is 266 g/mol. The molecule has 0 aliphatic heterocycles. The highest BCUT2D eigenvalue weighted by molar-refractivity contribution is 5.82. The second-order valence-corrected chi connectivity index (χ2v) is 4.13. The SMILES string of the molecule is Cc1cccc(OCCNC(=O)N[C@@H](C)C(=O)O)c1. The van der Waals surface area contributed by atoms with Crippen LogP contribution in [0.5, 0.6) is 5.75 Å². The van der Waals surface area contributed by atoms with Crippen molar-refractivity contribution in [1.29, 1.82) is 0 Å². The largest absolute Gasteiger partial charge is 0.492 e. The van der Waals surface area contributed by atoms with Crippen molar-refractivity contribution in [3.8, 4) is 5.75 Å². The van der Waals surface area contributed by atoms with Gasteiger partial charge in [0.1, 0.15) is 18.4 Å². The molecule has 0 saturated carbocycles. The Morgan fingerprint density at radius 1 is 1.42 bits per heavy atom. The highest BCUT2D eigenvalue weighted by atomic mass is 16.5. The number of carboxylic acids is 1. The number of nitrogens with one attached hydrogen (secondary N) is 2. The van der Waals surface area contributed by atoms with Gasteiger partial charge in [0.2, 0.25) is 0 Å². The molecule has 0 aliphatic carbocycles. The van der Waals surface area contributed by atoms with Crippen LogP contribution in [-0.2, 0) is 4.79 Å². The zero-order valence-electron chi connectivity index (χ0n) is 11.0. The number of rotatable bonds is 6. The highest BCUT2D eigenvalue weighted by Crippen LogP contribution is 2.11. The molecule has 0 heterocycles. The molecule has 2 amide bonds. The van der Waals surface area contributed by atoms with Gasteiger partial charge < -0.3 is 20.5 Å². The van der Waals surface area contributed by atoms with Crippen LogP contribution in [0.4, 0.5) is 4.79 Å². The maximum atomic E-state index is 11.3. The summed E-state index contributed by atoms with van der Waals surface area (Å²) < 4.78 is 5.43. The molecule has 0 unspecified atom stereocenters. The Kier molecular flexibility index (Phi) is 5.66. The first-order chi connectivity index (χ1) is 8.99. The van der Waals surface area contributed by atoms with Gasteiger partial charge in [-0.3, -0.25) is 4.79 Å². The lowest BCUT2D eigenvalue weighted by molar-refractivity contribution is -0.138. The van der Waals surface area contributed by atoms with E-state index in [4.69, 9.17) is 9.84 Å². The lowest BCUT2D eigenvalue weighted by atomic mass is 10.2. The summed E-state index contributed by atoms with van der Waals surface area (Å²) in [4.78, 5) is 21.8. The first-order valence-electron chi connectivity index (χ1n) is 5.95. The van der Waals surface area contributed by atoms with Crippen molar-refractivity contribution in [2.24, 2.45) is 0 Å². The van der Waals surface area contributed by atoms with Crippen LogP contribution in [0.15, 0.2) is 24.3 Å². The Labute approximate surface area is 111 Å². The summed E-state index contributed by atoms with van der Waals surface area (Å²) in [5, 5.41) is 13.4. The van der Waals surface area contributed by atoms with Crippen molar-refractivity contribution in [3.63, 3.8) is 0 Å². The standard InChI is InChI=1S/C13H18N2O4/c1-9-4-3-5-11(8-9)19-7-6-14-13(18)15-10(2)12(16)17/h3-5,8,10H,6-7H2,1-2H3,(H,16,17)(H2,14,15,18)/t10-/m0/s1. The molecule has 0 radical (unpaired) electrons. The van der Waals surface area contributed by atoms with Crippen LogP contribution >= 0.6 is 0 Å². The number of carbonyl (C=O) groups is 2. The summed E-state index contributed by atoms with van der Waals surface area (Å²) in [6.07, 6.45) is 0. The molecule has 6 heteroatoms. The van der Waals surface area contributed by atoms with Gasteiger partial charge in [0.05, 0.1) is 6.54 Å². The second-order valence-electron chi connectivity index (χ2n) is 4.13. The van der Waals surface area contributed by atoms with Crippen molar-refractivity contribution in [2.45, 2.75) is 19.9 Å². The van der Waals surface area contributed by atoms with Gasteiger partial charge in [-0.1, -0.05) is 12.1 Å². The predicted octanol–water partition coefficient (Wildman–Crippen LogP) is 1.15. The minimum atomic E-state index is -1.08. The molecule has 6 nitrogen and oxygen atoms in total. The van der Waals surface area contributed by atoms with Crippen molar-refractivity contribution < 1.29 is 19.4 Å². The van der Waals surface area contributed by atoms with Gasteiger partial charge in [-0.2, -0.15) is 0 Å². The minimum Gasteiger partial charge on any atom is -0.492 e. The average Bonchev–Trinajstić information content (AvgIpc) is 2.34. The van der Waals surface area contributed by atoms with Crippen molar-refractivity contribution in [1.82, 2.24) is 10.6 Å². The van der Waals surface area contributed by atoms with Crippen LogP contribution in [0.3, 0.4) is 0 Å². The molecule has 0 bridgehead atoms. The second kappa shape index (κ2) is 7.25. The average molecular weight is 266 g/mol. The Morgan fingerprint density at radius 3 is 2.79 bits per heavy atom. The molecular weight excluding hydrogens is 248 g/mol.